The number of carbonyl (C=O) groups excluding carboxylic acids is 1. The molecule has 0 saturated carbocycles. The van der Waals surface area contributed by atoms with E-state index in [0.717, 1.165) is 49.4 Å². The SMILES string of the molecule is CN1CCN(Cc2ccccc2C2(c3ccccc3)OC(=O)c3ccccc32)CC1. The van der Waals surface area contributed by atoms with Crippen molar-refractivity contribution in [3.05, 3.63) is 107 Å². The molecule has 2 aliphatic rings. The fraction of sp³-hybridized carbons (Fsp3) is 0.269. The topological polar surface area (TPSA) is 32.8 Å². The van der Waals surface area contributed by atoms with E-state index in [0.29, 0.717) is 5.56 Å². The Morgan fingerprint density at radius 2 is 1.43 bits per heavy atom. The molecular formula is C26H26N2O2. The van der Waals surface area contributed by atoms with Gasteiger partial charge in [-0.3, -0.25) is 4.90 Å². The first kappa shape index (κ1) is 19.0. The summed E-state index contributed by atoms with van der Waals surface area (Å²) in [6.07, 6.45) is 0. The van der Waals surface area contributed by atoms with Crippen LogP contribution < -0.4 is 0 Å². The second-order valence-corrected chi connectivity index (χ2v) is 8.22. The molecule has 0 aromatic heterocycles. The lowest BCUT2D eigenvalue weighted by Crippen LogP contribution is -2.44. The maximum Gasteiger partial charge on any atom is 0.340 e. The smallest absolute Gasteiger partial charge is 0.340 e. The Labute approximate surface area is 177 Å². The highest BCUT2D eigenvalue weighted by atomic mass is 16.6. The summed E-state index contributed by atoms with van der Waals surface area (Å²) in [7, 11) is 2.17. The van der Waals surface area contributed by atoms with Crippen molar-refractivity contribution >= 4 is 5.97 Å². The lowest BCUT2D eigenvalue weighted by molar-refractivity contribution is 0.0246. The van der Waals surface area contributed by atoms with Crippen molar-refractivity contribution in [1.29, 1.82) is 0 Å². The van der Waals surface area contributed by atoms with Crippen LogP contribution in [0.3, 0.4) is 0 Å². The van der Waals surface area contributed by atoms with Crippen LogP contribution in [-0.4, -0.2) is 49.0 Å². The second-order valence-electron chi connectivity index (χ2n) is 8.22. The Balaban J connectivity index is 1.66. The predicted molar refractivity (Wildman–Crippen MR) is 117 cm³/mol. The monoisotopic (exact) mass is 398 g/mol. The first-order valence-electron chi connectivity index (χ1n) is 10.6. The van der Waals surface area contributed by atoms with Crippen molar-refractivity contribution in [2.45, 2.75) is 12.1 Å². The highest BCUT2D eigenvalue weighted by Crippen LogP contribution is 2.48. The molecule has 0 spiro atoms. The maximum absolute atomic E-state index is 12.9. The molecule has 0 N–H and O–H groups in total. The van der Waals surface area contributed by atoms with Gasteiger partial charge in [0.25, 0.3) is 0 Å². The van der Waals surface area contributed by atoms with E-state index in [2.05, 4.69) is 47.2 Å². The molecule has 3 aromatic carbocycles. The third kappa shape index (κ3) is 3.13. The summed E-state index contributed by atoms with van der Waals surface area (Å²) in [5, 5.41) is 0. The van der Waals surface area contributed by atoms with Crippen molar-refractivity contribution in [3.8, 4) is 0 Å². The van der Waals surface area contributed by atoms with Crippen LogP contribution in [0.1, 0.15) is 32.6 Å². The zero-order valence-electron chi connectivity index (χ0n) is 17.3. The van der Waals surface area contributed by atoms with Crippen LogP contribution in [-0.2, 0) is 16.9 Å². The van der Waals surface area contributed by atoms with Crippen molar-refractivity contribution in [2.75, 3.05) is 33.2 Å². The Morgan fingerprint density at radius 1 is 0.800 bits per heavy atom. The number of ether oxygens (including phenoxy) is 1. The van der Waals surface area contributed by atoms with Crippen molar-refractivity contribution in [3.63, 3.8) is 0 Å². The van der Waals surface area contributed by atoms with Gasteiger partial charge in [0.05, 0.1) is 5.56 Å². The first-order chi connectivity index (χ1) is 14.7. The lowest BCUT2D eigenvalue weighted by Gasteiger charge is -2.35. The molecule has 4 heteroatoms. The zero-order valence-corrected chi connectivity index (χ0v) is 17.3. The van der Waals surface area contributed by atoms with Gasteiger partial charge < -0.3 is 9.64 Å². The van der Waals surface area contributed by atoms with E-state index >= 15 is 0 Å². The minimum Gasteiger partial charge on any atom is -0.441 e. The quantitative estimate of drug-likeness (QED) is 0.624. The van der Waals surface area contributed by atoms with Gasteiger partial charge in [-0.25, -0.2) is 4.79 Å². The minimum absolute atomic E-state index is 0.260. The summed E-state index contributed by atoms with van der Waals surface area (Å²) in [6.45, 7) is 5.07. The van der Waals surface area contributed by atoms with E-state index in [1.165, 1.54) is 5.56 Å². The largest absolute Gasteiger partial charge is 0.441 e. The van der Waals surface area contributed by atoms with E-state index in [4.69, 9.17) is 4.74 Å². The van der Waals surface area contributed by atoms with E-state index in [9.17, 15) is 4.79 Å². The number of hydrogen-bond acceptors (Lipinski definition) is 4. The normalized spacial score (nSPS) is 22.0. The fourth-order valence-corrected chi connectivity index (χ4v) is 4.71. The van der Waals surface area contributed by atoms with Gasteiger partial charge in [-0.1, -0.05) is 72.8 Å². The van der Waals surface area contributed by atoms with Gasteiger partial charge >= 0.3 is 5.97 Å². The van der Waals surface area contributed by atoms with Crippen LogP contribution >= 0.6 is 0 Å². The van der Waals surface area contributed by atoms with E-state index in [1.807, 2.05) is 48.5 Å². The molecule has 30 heavy (non-hydrogen) atoms. The van der Waals surface area contributed by atoms with Crippen LogP contribution in [0.25, 0.3) is 0 Å². The van der Waals surface area contributed by atoms with E-state index in [1.54, 1.807) is 0 Å². The molecule has 2 aliphatic heterocycles. The van der Waals surface area contributed by atoms with Crippen LogP contribution in [0.2, 0.25) is 0 Å². The van der Waals surface area contributed by atoms with Crippen molar-refractivity contribution in [2.24, 2.45) is 0 Å². The Kier molecular flexibility index (Phi) is 4.89. The Morgan fingerprint density at radius 3 is 2.20 bits per heavy atom. The second kappa shape index (κ2) is 7.71. The van der Waals surface area contributed by atoms with Crippen LogP contribution in [0.15, 0.2) is 78.9 Å². The average molecular weight is 399 g/mol. The number of likely N-dealkylation sites (N-methyl/N-ethyl adjacent to an activating group) is 1. The third-order valence-corrected chi connectivity index (χ3v) is 6.34. The molecule has 0 aliphatic carbocycles. The van der Waals surface area contributed by atoms with Crippen molar-refractivity contribution < 1.29 is 9.53 Å². The van der Waals surface area contributed by atoms with Gasteiger partial charge in [0.1, 0.15) is 0 Å². The Hall–Kier alpha value is -2.95. The third-order valence-electron chi connectivity index (χ3n) is 6.34. The number of fused-ring (bicyclic) bond motifs is 1. The molecule has 0 amide bonds. The molecule has 152 valence electrons. The minimum atomic E-state index is -0.919. The van der Waals surface area contributed by atoms with Crippen LogP contribution in [0.5, 0.6) is 0 Å². The molecule has 2 heterocycles. The summed E-state index contributed by atoms with van der Waals surface area (Å²) >= 11 is 0. The van der Waals surface area contributed by atoms with Crippen LogP contribution in [0, 0.1) is 0 Å². The summed E-state index contributed by atoms with van der Waals surface area (Å²) in [5.74, 6) is -0.260. The standard InChI is InChI=1S/C26H26N2O2/c1-27-15-17-28(18-16-27)19-20-9-5-7-13-23(20)26(21-10-3-2-4-11-21)24-14-8-6-12-22(24)25(29)30-26/h2-14H,15-19H2,1H3. The number of rotatable bonds is 4. The summed E-state index contributed by atoms with van der Waals surface area (Å²) < 4.78 is 6.27. The van der Waals surface area contributed by atoms with Crippen LogP contribution in [0.4, 0.5) is 0 Å². The lowest BCUT2D eigenvalue weighted by atomic mass is 9.78. The van der Waals surface area contributed by atoms with Crippen molar-refractivity contribution in [1.82, 2.24) is 9.80 Å². The molecule has 5 rings (SSSR count). The predicted octanol–water partition coefficient (Wildman–Crippen LogP) is 3.90. The molecule has 1 unspecified atom stereocenters. The van der Waals surface area contributed by atoms with Gasteiger partial charge in [-0.05, 0) is 18.7 Å². The highest BCUT2D eigenvalue weighted by molar-refractivity contribution is 5.96. The number of nitrogens with zero attached hydrogens (tertiary/aromatic N) is 2. The van der Waals surface area contributed by atoms with E-state index in [-0.39, 0.29) is 5.97 Å². The molecule has 0 bridgehead atoms. The number of piperazine rings is 1. The molecule has 1 atom stereocenters. The summed E-state index contributed by atoms with van der Waals surface area (Å²) in [5.41, 5.74) is 3.89. The number of cyclic esters (lactones) is 1. The van der Waals surface area contributed by atoms with Gasteiger partial charge in [0.15, 0.2) is 5.60 Å². The molecule has 1 saturated heterocycles. The van der Waals surface area contributed by atoms with E-state index < -0.39 is 5.60 Å². The number of benzene rings is 3. The van der Waals surface area contributed by atoms with Gasteiger partial charge in [-0.2, -0.15) is 0 Å². The fourth-order valence-electron chi connectivity index (χ4n) is 4.71. The summed E-state index contributed by atoms with van der Waals surface area (Å²) in [6, 6.07) is 26.3. The molecular weight excluding hydrogens is 372 g/mol. The summed E-state index contributed by atoms with van der Waals surface area (Å²) in [4.78, 5) is 17.8. The van der Waals surface area contributed by atoms with Gasteiger partial charge in [0.2, 0.25) is 0 Å². The van der Waals surface area contributed by atoms with Gasteiger partial charge in [0, 0.05) is 49.4 Å². The average Bonchev–Trinajstić information content (AvgIpc) is 3.10. The zero-order chi connectivity index (χ0) is 20.6. The Bertz CT molecular complexity index is 1060. The van der Waals surface area contributed by atoms with Gasteiger partial charge in [-0.15, -0.1) is 0 Å². The number of esters is 1. The maximum atomic E-state index is 12.9. The first-order valence-corrected chi connectivity index (χ1v) is 10.6. The number of carbonyl (C=O) groups is 1. The highest BCUT2D eigenvalue weighted by Gasteiger charge is 2.49. The molecule has 4 nitrogen and oxygen atoms in total. The molecule has 1 fully saturated rings. The molecule has 3 aromatic rings. The molecule has 0 radical (unpaired) electrons. The number of hydrogen-bond donors (Lipinski definition) is 0.